The Morgan fingerprint density at radius 2 is 2.03 bits per heavy atom. The van der Waals surface area contributed by atoms with Crippen molar-refractivity contribution in [1.29, 1.82) is 0 Å². The van der Waals surface area contributed by atoms with Crippen LogP contribution in [-0.2, 0) is 11.2 Å². The molecule has 1 fully saturated rings. The van der Waals surface area contributed by atoms with E-state index in [1.54, 1.807) is 15.5 Å². The van der Waals surface area contributed by atoms with Crippen molar-refractivity contribution < 1.29 is 9.21 Å². The van der Waals surface area contributed by atoms with E-state index in [1.165, 1.54) is 0 Å². The average Bonchev–Trinajstić information content (AvgIpc) is 3.60. The monoisotopic (exact) mass is 548 g/mol. The van der Waals surface area contributed by atoms with Crippen LogP contribution in [-0.4, -0.2) is 59.9 Å². The standard InChI is InChI=1S/C27H29ClN8O3/c1-5-6-22-25(29-4)31-27(38)36(22)20-7-9-34(10-8-20)24(37)14-23-32-33-26(39-23)18-11-19(28)13-21(12-18)35-15-16(2)30-17(35)3/h5-6,11-13,15,20H,4,7-10,14H2,1-3H3,(H,31,38)/b6-5-. The molecular weight excluding hydrogens is 520 g/mol. The van der Waals surface area contributed by atoms with Gasteiger partial charge >= 0.3 is 5.69 Å². The van der Waals surface area contributed by atoms with Crippen LogP contribution in [0.25, 0.3) is 23.2 Å². The second-order valence-corrected chi connectivity index (χ2v) is 9.92. The highest BCUT2D eigenvalue weighted by atomic mass is 35.5. The highest BCUT2D eigenvalue weighted by Crippen LogP contribution is 2.29. The number of likely N-dealkylation sites (tertiary alicyclic amines) is 1. The first-order valence-corrected chi connectivity index (χ1v) is 13.0. The number of aryl methyl sites for hydroxylation is 2. The van der Waals surface area contributed by atoms with E-state index in [-0.39, 0.29) is 35.8 Å². The van der Waals surface area contributed by atoms with Crippen molar-refractivity contribution in [2.24, 2.45) is 4.99 Å². The predicted molar refractivity (Wildman–Crippen MR) is 149 cm³/mol. The SMILES string of the molecule is C=Nc1[nH]c(=O)n(C2CCN(C(=O)Cc3nnc(-c4cc(Cl)cc(-n5cc(C)nc5C)c4)o3)CC2)c1/C=C\C. The van der Waals surface area contributed by atoms with Crippen molar-refractivity contribution >= 4 is 36.1 Å². The number of benzene rings is 1. The third-order valence-electron chi connectivity index (χ3n) is 6.79. The van der Waals surface area contributed by atoms with Gasteiger partial charge in [0.2, 0.25) is 17.7 Å². The summed E-state index contributed by atoms with van der Waals surface area (Å²) < 4.78 is 9.50. The van der Waals surface area contributed by atoms with Crippen molar-refractivity contribution in [3.8, 4) is 17.1 Å². The Bertz CT molecular complexity index is 1620. The fourth-order valence-corrected chi connectivity index (χ4v) is 5.25. The van der Waals surface area contributed by atoms with E-state index in [2.05, 4.69) is 31.9 Å². The molecule has 1 saturated heterocycles. The van der Waals surface area contributed by atoms with Crippen LogP contribution in [0.15, 0.2) is 44.7 Å². The number of carbonyl (C=O) groups is 1. The number of aromatic amines is 1. The van der Waals surface area contributed by atoms with Gasteiger partial charge in [-0.2, -0.15) is 0 Å². The number of nitrogens with zero attached hydrogens (tertiary/aromatic N) is 7. The number of aromatic nitrogens is 6. The number of halogens is 1. The molecule has 1 aliphatic heterocycles. The van der Waals surface area contributed by atoms with Crippen LogP contribution in [0.4, 0.5) is 5.82 Å². The molecule has 11 nitrogen and oxygen atoms in total. The number of imidazole rings is 2. The summed E-state index contributed by atoms with van der Waals surface area (Å²) in [7, 11) is 0. The second kappa shape index (κ2) is 10.9. The third kappa shape index (κ3) is 5.35. The maximum absolute atomic E-state index is 13.0. The first kappa shape index (κ1) is 26.4. The molecule has 4 aromatic rings. The molecule has 0 spiro atoms. The maximum atomic E-state index is 13.0. The van der Waals surface area contributed by atoms with Crippen LogP contribution in [0, 0.1) is 13.8 Å². The predicted octanol–water partition coefficient (Wildman–Crippen LogP) is 4.45. The summed E-state index contributed by atoms with van der Waals surface area (Å²) in [6, 6.07) is 5.42. The molecule has 0 aliphatic carbocycles. The van der Waals surface area contributed by atoms with Gasteiger partial charge < -0.3 is 13.9 Å². The van der Waals surface area contributed by atoms with E-state index in [0.717, 1.165) is 17.2 Å². The molecule has 5 rings (SSSR count). The third-order valence-corrected chi connectivity index (χ3v) is 7.01. The lowest BCUT2D eigenvalue weighted by atomic mass is 10.0. The summed E-state index contributed by atoms with van der Waals surface area (Å²) >= 11 is 6.38. The molecule has 1 amide bonds. The Labute approximate surface area is 229 Å². The highest BCUT2D eigenvalue weighted by Gasteiger charge is 2.28. The smallest absolute Gasteiger partial charge is 0.327 e. The van der Waals surface area contributed by atoms with Gasteiger partial charge in [-0.3, -0.25) is 14.3 Å². The van der Waals surface area contributed by atoms with Crippen LogP contribution >= 0.6 is 11.6 Å². The number of allylic oxidation sites excluding steroid dienone is 1. The van der Waals surface area contributed by atoms with Crippen LogP contribution in [0.1, 0.15) is 48.9 Å². The Morgan fingerprint density at radius 3 is 2.69 bits per heavy atom. The number of H-pyrrole nitrogens is 1. The number of piperidine rings is 1. The van der Waals surface area contributed by atoms with Crippen molar-refractivity contribution in [3.05, 3.63) is 69.1 Å². The van der Waals surface area contributed by atoms with Crippen LogP contribution in [0.5, 0.6) is 0 Å². The van der Waals surface area contributed by atoms with Crippen molar-refractivity contribution in [2.45, 2.75) is 46.1 Å². The van der Waals surface area contributed by atoms with Crippen LogP contribution < -0.4 is 5.69 Å². The van der Waals surface area contributed by atoms with Gasteiger partial charge in [0.25, 0.3) is 0 Å². The fraction of sp³-hybridized carbons (Fsp3) is 0.333. The van der Waals surface area contributed by atoms with E-state index in [4.69, 9.17) is 16.0 Å². The molecule has 12 heteroatoms. The zero-order valence-corrected chi connectivity index (χ0v) is 22.8. The maximum Gasteiger partial charge on any atom is 0.327 e. The number of carbonyl (C=O) groups excluding carboxylic acids is 1. The van der Waals surface area contributed by atoms with Gasteiger partial charge in [-0.15, -0.1) is 10.2 Å². The molecule has 202 valence electrons. The summed E-state index contributed by atoms with van der Waals surface area (Å²) in [6.07, 6.45) is 6.89. The van der Waals surface area contributed by atoms with Crippen molar-refractivity contribution in [3.63, 3.8) is 0 Å². The lowest BCUT2D eigenvalue weighted by Crippen LogP contribution is -2.41. The zero-order chi connectivity index (χ0) is 27.7. The van der Waals surface area contributed by atoms with Gasteiger partial charge in [-0.1, -0.05) is 17.7 Å². The normalized spacial score (nSPS) is 14.4. The molecule has 1 aliphatic rings. The molecule has 0 radical (unpaired) electrons. The quantitative estimate of drug-likeness (QED) is 0.340. The molecule has 4 heterocycles. The van der Waals surface area contributed by atoms with E-state index in [1.807, 2.05) is 55.8 Å². The molecule has 0 unspecified atom stereocenters. The largest absolute Gasteiger partial charge is 0.420 e. The van der Waals surface area contributed by atoms with Gasteiger partial charge in [-0.25, -0.2) is 14.8 Å². The van der Waals surface area contributed by atoms with Gasteiger partial charge in [0.15, 0.2) is 5.82 Å². The minimum atomic E-state index is -0.226. The Balaban J connectivity index is 1.26. The first-order valence-electron chi connectivity index (χ1n) is 12.7. The topological polar surface area (TPSA) is 127 Å². The Kier molecular flexibility index (Phi) is 7.34. The number of aliphatic imine (C=N–C) groups is 1. The average molecular weight is 549 g/mol. The number of hydrogen-bond donors (Lipinski definition) is 1. The first-order chi connectivity index (χ1) is 18.8. The van der Waals surface area contributed by atoms with E-state index >= 15 is 0 Å². The lowest BCUT2D eigenvalue weighted by Gasteiger charge is -2.32. The summed E-state index contributed by atoms with van der Waals surface area (Å²) in [5, 5.41) is 8.77. The minimum Gasteiger partial charge on any atom is -0.420 e. The van der Waals surface area contributed by atoms with Crippen molar-refractivity contribution in [2.75, 3.05) is 13.1 Å². The summed E-state index contributed by atoms with van der Waals surface area (Å²) in [4.78, 5) is 38.5. The van der Waals surface area contributed by atoms with Crippen LogP contribution in [0.2, 0.25) is 5.02 Å². The fourth-order valence-electron chi connectivity index (χ4n) is 5.02. The number of amides is 1. The minimum absolute atomic E-state index is 0.0105. The van der Waals surface area contributed by atoms with E-state index in [9.17, 15) is 9.59 Å². The molecular formula is C27H29ClN8O3. The number of nitrogens with one attached hydrogen (secondary N) is 1. The summed E-state index contributed by atoms with van der Waals surface area (Å²) in [6.45, 7) is 10.3. The lowest BCUT2D eigenvalue weighted by molar-refractivity contribution is -0.132. The van der Waals surface area contributed by atoms with E-state index in [0.29, 0.717) is 48.0 Å². The van der Waals surface area contributed by atoms with Gasteiger partial charge in [0.05, 0.1) is 11.4 Å². The number of hydrogen-bond acceptors (Lipinski definition) is 7. The molecule has 0 atom stereocenters. The highest BCUT2D eigenvalue weighted by molar-refractivity contribution is 6.31. The zero-order valence-electron chi connectivity index (χ0n) is 22.0. The van der Waals surface area contributed by atoms with Gasteiger partial charge in [0.1, 0.15) is 12.2 Å². The molecule has 3 aromatic heterocycles. The summed E-state index contributed by atoms with van der Waals surface area (Å²) in [5.74, 6) is 1.69. The molecule has 1 N–H and O–H groups in total. The Morgan fingerprint density at radius 1 is 1.26 bits per heavy atom. The Hall–Kier alpha value is -4.25. The second-order valence-electron chi connectivity index (χ2n) is 9.48. The van der Waals surface area contributed by atoms with E-state index < -0.39 is 0 Å². The van der Waals surface area contributed by atoms with Gasteiger partial charge in [-0.05, 0) is 64.6 Å². The molecule has 39 heavy (non-hydrogen) atoms. The van der Waals surface area contributed by atoms with Gasteiger partial charge in [0, 0.05) is 41.6 Å². The summed E-state index contributed by atoms with van der Waals surface area (Å²) in [5.41, 5.74) is 2.84. The molecule has 1 aromatic carbocycles. The molecule has 0 saturated carbocycles. The van der Waals surface area contributed by atoms with Crippen LogP contribution in [0.3, 0.4) is 0 Å². The number of rotatable bonds is 7. The molecule has 0 bridgehead atoms. The van der Waals surface area contributed by atoms with Crippen molar-refractivity contribution in [1.82, 2.24) is 34.2 Å².